The molecule has 0 aromatic heterocycles. The quantitative estimate of drug-likeness (QED) is 0.711. The lowest BCUT2D eigenvalue weighted by Crippen LogP contribution is -2.39. The van der Waals surface area contributed by atoms with Gasteiger partial charge in [0.2, 0.25) is 11.9 Å². The van der Waals surface area contributed by atoms with Gasteiger partial charge in [0.15, 0.2) is 17.6 Å². The first kappa shape index (κ1) is 17.4. The second kappa shape index (κ2) is 6.47. The number of Topliss-reactive ketones (excluding diaryl/α,β-unsaturated/α-hetero) is 1. The van der Waals surface area contributed by atoms with E-state index >= 15 is 0 Å². The molecule has 0 amide bonds. The highest BCUT2D eigenvalue weighted by Gasteiger charge is 2.42. The number of phenolic OH excluding ortho intramolecular Hbond substituents is 3. The zero-order valence-electron chi connectivity index (χ0n) is 13.9. The summed E-state index contributed by atoms with van der Waals surface area (Å²) in [4.78, 5) is 24.2. The zero-order chi connectivity index (χ0) is 19.0. The summed E-state index contributed by atoms with van der Waals surface area (Å²) in [6.07, 6.45) is -2.46. The molecule has 8 nitrogen and oxygen atoms in total. The molecule has 2 atom stereocenters. The summed E-state index contributed by atoms with van der Waals surface area (Å²) in [7, 11) is 1.39. The molecule has 2 aromatic rings. The van der Waals surface area contributed by atoms with Crippen LogP contribution in [0.2, 0.25) is 0 Å². The lowest BCUT2D eigenvalue weighted by Gasteiger charge is -2.32. The van der Waals surface area contributed by atoms with Crippen LogP contribution in [0.25, 0.3) is 0 Å². The van der Waals surface area contributed by atoms with Gasteiger partial charge in [0.25, 0.3) is 0 Å². The third-order valence-corrected chi connectivity index (χ3v) is 3.92. The summed E-state index contributed by atoms with van der Waals surface area (Å²) in [5.74, 6) is -2.20. The Morgan fingerprint density at radius 3 is 2.46 bits per heavy atom. The molecule has 2 unspecified atom stereocenters. The molecule has 8 heteroatoms. The number of methoxy groups -OCH3 is 1. The van der Waals surface area contributed by atoms with E-state index in [2.05, 4.69) is 0 Å². The van der Waals surface area contributed by atoms with E-state index in [1.165, 1.54) is 25.3 Å². The van der Waals surface area contributed by atoms with E-state index in [4.69, 9.17) is 14.2 Å². The molecule has 0 bridgehead atoms. The van der Waals surface area contributed by atoms with Gasteiger partial charge in [0, 0.05) is 24.6 Å². The summed E-state index contributed by atoms with van der Waals surface area (Å²) in [6.45, 7) is 1.14. The van der Waals surface area contributed by atoms with Gasteiger partial charge in [-0.15, -0.1) is 0 Å². The highest BCUT2D eigenvalue weighted by molar-refractivity contribution is 6.06. The molecule has 2 aromatic carbocycles. The molecule has 0 aliphatic carbocycles. The topological polar surface area (TPSA) is 123 Å². The molecule has 0 saturated heterocycles. The van der Waals surface area contributed by atoms with Crippen LogP contribution in [0.3, 0.4) is 0 Å². The number of benzene rings is 2. The minimum absolute atomic E-state index is 0.0591. The van der Waals surface area contributed by atoms with Gasteiger partial charge in [0.05, 0.1) is 7.11 Å². The van der Waals surface area contributed by atoms with Gasteiger partial charge in [-0.1, -0.05) is 6.07 Å². The molecule has 1 heterocycles. The number of hydrogen-bond donors (Lipinski definition) is 3. The van der Waals surface area contributed by atoms with Crippen molar-refractivity contribution < 1.29 is 39.1 Å². The molecule has 0 radical (unpaired) electrons. The van der Waals surface area contributed by atoms with Crippen LogP contribution >= 0.6 is 0 Å². The van der Waals surface area contributed by atoms with Gasteiger partial charge in [-0.3, -0.25) is 9.59 Å². The first-order chi connectivity index (χ1) is 12.3. The molecule has 0 saturated carbocycles. The minimum Gasteiger partial charge on any atom is -0.508 e. The van der Waals surface area contributed by atoms with Crippen LogP contribution < -0.4 is 9.47 Å². The maximum absolute atomic E-state index is 12.8. The van der Waals surface area contributed by atoms with E-state index in [9.17, 15) is 24.9 Å². The summed E-state index contributed by atoms with van der Waals surface area (Å²) in [5.41, 5.74) is 0.152. The summed E-state index contributed by atoms with van der Waals surface area (Å²) < 4.78 is 15.8. The predicted octanol–water partition coefficient (Wildman–Crippen LogP) is 2.06. The number of ketones is 1. The van der Waals surface area contributed by atoms with E-state index in [-0.39, 0.29) is 28.6 Å². The van der Waals surface area contributed by atoms with Gasteiger partial charge >= 0.3 is 5.97 Å². The van der Waals surface area contributed by atoms with E-state index in [1.54, 1.807) is 6.07 Å². The minimum atomic E-state index is -1.37. The number of rotatable bonds is 3. The Bertz CT molecular complexity index is 889. The fraction of sp³-hybridized carbons (Fsp3) is 0.222. The first-order valence-electron chi connectivity index (χ1n) is 7.62. The molecular formula is C18H16O8. The van der Waals surface area contributed by atoms with Crippen LogP contribution in [0.4, 0.5) is 0 Å². The second-order valence-electron chi connectivity index (χ2n) is 5.70. The van der Waals surface area contributed by atoms with Crippen molar-refractivity contribution in [1.82, 2.24) is 0 Å². The molecule has 26 heavy (non-hydrogen) atoms. The van der Waals surface area contributed by atoms with Crippen molar-refractivity contribution in [3.05, 3.63) is 41.5 Å². The average molecular weight is 360 g/mol. The first-order valence-corrected chi connectivity index (χ1v) is 7.62. The Labute approximate surface area is 148 Å². The van der Waals surface area contributed by atoms with Gasteiger partial charge in [-0.25, -0.2) is 0 Å². The maximum atomic E-state index is 12.8. The van der Waals surface area contributed by atoms with E-state index < -0.39 is 29.7 Å². The van der Waals surface area contributed by atoms with Crippen molar-refractivity contribution in [3.63, 3.8) is 0 Å². The number of fused-ring (bicyclic) bond motifs is 1. The van der Waals surface area contributed by atoms with Gasteiger partial charge < -0.3 is 29.5 Å². The van der Waals surface area contributed by atoms with E-state index in [1.807, 2.05) is 0 Å². The van der Waals surface area contributed by atoms with Gasteiger partial charge in [0.1, 0.15) is 22.8 Å². The van der Waals surface area contributed by atoms with Crippen molar-refractivity contribution in [2.45, 2.75) is 19.1 Å². The van der Waals surface area contributed by atoms with Gasteiger partial charge in [-0.05, 0) is 12.1 Å². The van der Waals surface area contributed by atoms with Crippen LogP contribution in [-0.4, -0.2) is 40.3 Å². The number of aromatic hydroxyl groups is 3. The van der Waals surface area contributed by atoms with Crippen LogP contribution in [0.15, 0.2) is 30.3 Å². The largest absolute Gasteiger partial charge is 0.508 e. The van der Waals surface area contributed by atoms with Crippen LogP contribution in [0.5, 0.6) is 28.7 Å². The van der Waals surface area contributed by atoms with Crippen LogP contribution in [-0.2, 0) is 9.53 Å². The van der Waals surface area contributed by atoms with E-state index in [0.29, 0.717) is 5.56 Å². The average Bonchev–Trinajstić information content (AvgIpc) is 2.56. The fourth-order valence-electron chi connectivity index (χ4n) is 2.83. The van der Waals surface area contributed by atoms with Crippen LogP contribution in [0, 0.1) is 0 Å². The summed E-state index contributed by atoms with van der Waals surface area (Å²) >= 11 is 0. The van der Waals surface area contributed by atoms with E-state index in [0.717, 1.165) is 13.0 Å². The van der Waals surface area contributed by atoms with Crippen molar-refractivity contribution in [1.29, 1.82) is 0 Å². The number of ether oxygens (including phenoxy) is 3. The number of carbonyl (C=O) groups is 2. The molecule has 3 N–H and O–H groups in total. The standard InChI is InChI=1S/C18H16O8/c1-8(19)25-18-16(23)15-12(22)6-10(20)7-14(15)26-17(18)9-3-4-13(24-2)11(21)5-9/h3-7,17-18,20-22H,1-2H3. The normalized spacial score (nSPS) is 18.6. The number of carbonyl (C=O) groups excluding carboxylic acids is 2. The predicted molar refractivity (Wildman–Crippen MR) is 87.7 cm³/mol. The summed E-state index contributed by atoms with van der Waals surface area (Å²) in [6, 6.07) is 6.50. The molecule has 1 aliphatic rings. The lowest BCUT2D eigenvalue weighted by atomic mass is 9.92. The monoisotopic (exact) mass is 360 g/mol. The second-order valence-corrected chi connectivity index (χ2v) is 5.70. The highest BCUT2D eigenvalue weighted by atomic mass is 16.6. The Morgan fingerprint density at radius 2 is 1.85 bits per heavy atom. The zero-order valence-corrected chi connectivity index (χ0v) is 13.9. The molecule has 1 aliphatic heterocycles. The fourth-order valence-corrected chi connectivity index (χ4v) is 2.83. The molecule has 136 valence electrons. The smallest absolute Gasteiger partial charge is 0.303 e. The highest BCUT2D eigenvalue weighted by Crippen LogP contribution is 2.43. The number of hydrogen-bond acceptors (Lipinski definition) is 8. The molecular weight excluding hydrogens is 344 g/mol. The van der Waals surface area contributed by atoms with Crippen molar-refractivity contribution >= 4 is 11.8 Å². The Hall–Kier alpha value is -3.42. The third-order valence-electron chi connectivity index (χ3n) is 3.92. The Balaban J connectivity index is 2.11. The Morgan fingerprint density at radius 1 is 1.12 bits per heavy atom. The summed E-state index contributed by atoms with van der Waals surface area (Å²) in [5, 5.41) is 29.6. The maximum Gasteiger partial charge on any atom is 0.303 e. The van der Waals surface area contributed by atoms with Crippen molar-refractivity contribution in [2.75, 3.05) is 7.11 Å². The molecule has 0 fully saturated rings. The number of esters is 1. The lowest BCUT2D eigenvalue weighted by molar-refractivity contribution is -0.148. The Kier molecular flexibility index (Phi) is 4.33. The number of phenols is 3. The molecule has 3 rings (SSSR count). The SMILES string of the molecule is COc1ccc(C2Oc3cc(O)cc(O)c3C(=O)C2OC(C)=O)cc1O. The molecule has 0 spiro atoms. The van der Waals surface area contributed by atoms with Gasteiger partial charge in [-0.2, -0.15) is 0 Å². The van der Waals surface area contributed by atoms with Crippen LogP contribution in [0.1, 0.15) is 28.9 Å². The van der Waals surface area contributed by atoms with Crippen molar-refractivity contribution in [3.8, 4) is 28.7 Å². The van der Waals surface area contributed by atoms with Crippen molar-refractivity contribution in [2.24, 2.45) is 0 Å². The third kappa shape index (κ3) is 2.97.